The molecule has 18 nitrogen and oxygen atoms in total. The second-order valence-electron chi connectivity index (χ2n) is 8.58. The summed E-state index contributed by atoms with van der Waals surface area (Å²) in [7, 11) is 0. The van der Waals surface area contributed by atoms with Gasteiger partial charge in [0.15, 0.2) is 0 Å². The molecular formula is C21H36N6O12. The molecule has 0 saturated carbocycles. The Morgan fingerprint density at radius 2 is 1.33 bits per heavy atom. The number of hydrogen-bond acceptors (Lipinski definition) is 11. The van der Waals surface area contributed by atoms with Crippen molar-refractivity contribution >= 4 is 41.5 Å². The van der Waals surface area contributed by atoms with Gasteiger partial charge < -0.3 is 57.9 Å². The topological polar surface area (TPSA) is 307 Å². The van der Waals surface area contributed by atoms with E-state index in [1.807, 2.05) is 5.32 Å². The van der Waals surface area contributed by atoms with Crippen LogP contribution in [0, 0.1) is 0 Å². The molecule has 0 rings (SSSR count). The lowest BCUT2D eigenvalue weighted by Gasteiger charge is -2.26. The number of aliphatic hydroxyl groups excluding tert-OH is 3. The molecule has 18 heteroatoms. The van der Waals surface area contributed by atoms with Gasteiger partial charge in [-0.15, -0.1) is 0 Å². The van der Waals surface area contributed by atoms with Crippen molar-refractivity contribution in [2.75, 3.05) is 13.2 Å². The van der Waals surface area contributed by atoms with Gasteiger partial charge in [0.05, 0.1) is 25.4 Å². The van der Waals surface area contributed by atoms with Gasteiger partial charge in [-0.2, -0.15) is 0 Å². The Balaban J connectivity index is 5.34. The number of hydrogen-bond donors (Lipinski definition) is 11. The molecule has 7 atom stereocenters. The Morgan fingerprint density at radius 3 is 1.79 bits per heavy atom. The van der Waals surface area contributed by atoms with E-state index in [1.54, 1.807) is 0 Å². The van der Waals surface area contributed by atoms with E-state index in [2.05, 4.69) is 21.3 Å². The van der Waals surface area contributed by atoms with Gasteiger partial charge in [0.25, 0.3) is 0 Å². The minimum Gasteiger partial charge on any atom is -0.481 e. The Labute approximate surface area is 222 Å². The zero-order valence-electron chi connectivity index (χ0n) is 21.5. The summed E-state index contributed by atoms with van der Waals surface area (Å²) in [6, 6.07) is -7.52. The first-order valence-electron chi connectivity index (χ1n) is 11.7. The standard InChI is InChI=1S/C21H36N6O12/c1-8(21(38)39)24-18(35)12(7-28)25-13(31)6-23-17(34)11(4-5-14(32)33)26-20(37)16(10(3)30)27-19(36)15(22)9(2)29/h8-12,15-16,28-30H,4-7,22H2,1-3H3,(H,23,34)(H,24,35)(H,25,31)(H,26,37)(H,27,36)(H,32,33)(H,38,39)/t8-,9+,10+,11-,12-,15-,16-/m0/s1. The molecule has 0 aliphatic carbocycles. The third-order valence-corrected chi connectivity index (χ3v) is 5.15. The number of carbonyl (C=O) groups excluding carboxylic acids is 5. The summed E-state index contributed by atoms with van der Waals surface area (Å²) in [5, 5.41) is 57.0. The fraction of sp³-hybridized carbons (Fsp3) is 0.667. The fourth-order valence-electron chi connectivity index (χ4n) is 2.78. The lowest BCUT2D eigenvalue weighted by molar-refractivity contribution is -0.142. The maximum Gasteiger partial charge on any atom is 0.325 e. The molecule has 0 unspecified atom stereocenters. The fourth-order valence-corrected chi connectivity index (χ4v) is 2.78. The molecule has 0 aliphatic heterocycles. The number of aliphatic hydroxyl groups is 3. The third kappa shape index (κ3) is 13.0. The van der Waals surface area contributed by atoms with Crippen LogP contribution in [-0.2, 0) is 33.6 Å². The average Bonchev–Trinajstić information content (AvgIpc) is 2.85. The van der Waals surface area contributed by atoms with E-state index < -0.39 is 110 Å². The molecule has 0 fully saturated rings. The van der Waals surface area contributed by atoms with Crippen molar-refractivity contribution in [2.24, 2.45) is 5.73 Å². The highest BCUT2D eigenvalue weighted by Gasteiger charge is 2.32. The number of rotatable bonds is 17. The van der Waals surface area contributed by atoms with Gasteiger partial charge in [-0.25, -0.2) is 0 Å². The van der Waals surface area contributed by atoms with Crippen LogP contribution >= 0.6 is 0 Å². The summed E-state index contributed by atoms with van der Waals surface area (Å²) < 4.78 is 0. The van der Waals surface area contributed by atoms with Crippen LogP contribution in [0.25, 0.3) is 0 Å². The number of carboxylic acid groups (broad SMARTS) is 2. The molecule has 222 valence electrons. The molecule has 5 amide bonds. The van der Waals surface area contributed by atoms with E-state index in [1.165, 1.54) is 6.92 Å². The molecule has 39 heavy (non-hydrogen) atoms. The maximum atomic E-state index is 12.7. The summed E-state index contributed by atoms with van der Waals surface area (Å²) >= 11 is 0. The van der Waals surface area contributed by atoms with Crippen LogP contribution in [0.15, 0.2) is 0 Å². The third-order valence-electron chi connectivity index (χ3n) is 5.15. The number of amides is 5. The van der Waals surface area contributed by atoms with Crippen molar-refractivity contribution in [1.29, 1.82) is 0 Å². The first-order valence-corrected chi connectivity index (χ1v) is 11.7. The van der Waals surface area contributed by atoms with Gasteiger partial charge in [-0.05, 0) is 27.2 Å². The summed E-state index contributed by atoms with van der Waals surface area (Å²) in [4.78, 5) is 83.4. The van der Waals surface area contributed by atoms with Crippen molar-refractivity contribution in [1.82, 2.24) is 26.6 Å². The molecule has 0 radical (unpaired) electrons. The molecule has 0 aromatic rings. The van der Waals surface area contributed by atoms with Crippen LogP contribution in [-0.4, -0.2) is 123 Å². The van der Waals surface area contributed by atoms with Crippen LogP contribution in [0.2, 0.25) is 0 Å². The van der Waals surface area contributed by atoms with E-state index in [0.29, 0.717) is 0 Å². The molecule has 12 N–H and O–H groups in total. The van der Waals surface area contributed by atoms with Crippen molar-refractivity contribution in [3.63, 3.8) is 0 Å². The highest BCUT2D eigenvalue weighted by molar-refractivity contribution is 5.95. The summed E-state index contributed by atoms with van der Waals surface area (Å²) in [6.07, 6.45) is -3.86. The zero-order chi connectivity index (χ0) is 30.4. The Morgan fingerprint density at radius 1 is 0.744 bits per heavy atom. The van der Waals surface area contributed by atoms with Gasteiger partial charge in [-0.3, -0.25) is 33.6 Å². The van der Waals surface area contributed by atoms with Crippen LogP contribution in [0.1, 0.15) is 33.6 Å². The van der Waals surface area contributed by atoms with E-state index >= 15 is 0 Å². The number of nitrogens with one attached hydrogen (secondary N) is 5. The summed E-state index contributed by atoms with van der Waals surface area (Å²) in [5.41, 5.74) is 5.50. The van der Waals surface area contributed by atoms with Crippen molar-refractivity contribution in [3.05, 3.63) is 0 Å². The Kier molecular flexibility index (Phi) is 15.2. The van der Waals surface area contributed by atoms with Gasteiger partial charge in [0.2, 0.25) is 29.5 Å². The Bertz CT molecular complexity index is 912. The molecule has 0 aromatic carbocycles. The molecular weight excluding hydrogens is 528 g/mol. The largest absolute Gasteiger partial charge is 0.481 e. The van der Waals surface area contributed by atoms with Crippen LogP contribution < -0.4 is 32.3 Å². The number of carbonyl (C=O) groups is 7. The second-order valence-corrected chi connectivity index (χ2v) is 8.58. The maximum absolute atomic E-state index is 12.7. The Hall–Kier alpha value is -3.87. The molecule has 0 aliphatic rings. The van der Waals surface area contributed by atoms with Gasteiger partial charge in [0.1, 0.15) is 30.2 Å². The van der Waals surface area contributed by atoms with Crippen LogP contribution in [0.4, 0.5) is 0 Å². The van der Waals surface area contributed by atoms with Gasteiger partial charge in [0, 0.05) is 6.42 Å². The van der Waals surface area contributed by atoms with Gasteiger partial charge >= 0.3 is 11.9 Å². The van der Waals surface area contributed by atoms with Crippen molar-refractivity contribution in [3.8, 4) is 0 Å². The highest BCUT2D eigenvalue weighted by Crippen LogP contribution is 2.03. The van der Waals surface area contributed by atoms with Crippen molar-refractivity contribution < 1.29 is 59.1 Å². The first-order chi connectivity index (χ1) is 18.0. The average molecular weight is 565 g/mol. The number of aliphatic carboxylic acids is 2. The highest BCUT2D eigenvalue weighted by atomic mass is 16.4. The molecule has 0 aromatic heterocycles. The van der Waals surface area contributed by atoms with Crippen molar-refractivity contribution in [2.45, 2.75) is 76.0 Å². The normalized spacial score (nSPS) is 16.2. The predicted molar refractivity (Wildman–Crippen MR) is 129 cm³/mol. The smallest absolute Gasteiger partial charge is 0.325 e. The minimum absolute atomic E-state index is 0.461. The quantitative estimate of drug-likeness (QED) is 0.0785. The lowest BCUT2D eigenvalue weighted by atomic mass is 10.1. The number of nitrogens with two attached hydrogens (primary N) is 1. The SMILES string of the molecule is C[C@H](NC(=O)[C@H](CO)NC(=O)CNC(=O)[C@H](CCC(=O)O)NC(=O)[C@@H](NC(=O)[C@@H](N)[C@@H](C)O)[C@@H](C)O)C(=O)O. The van der Waals surface area contributed by atoms with E-state index in [-0.39, 0.29) is 0 Å². The predicted octanol–water partition coefficient (Wildman–Crippen LogP) is -5.91. The molecule has 0 saturated heterocycles. The monoisotopic (exact) mass is 564 g/mol. The van der Waals surface area contributed by atoms with E-state index in [4.69, 9.17) is 15.9 Å². The molecule has 0 bridgehead atoms. The van der Waals surface area contributed by atoms with Crippen LogP contribution in [0.3, 0.4) is 0 Å². The summed E-state index contributed by atoms with van der Waals surface area (Å²) in [5.74, 6) is -7.83. The molecule has 0 spiro atoms. The summed E-state index contributed by atoms with van der Waals surface area (Å²) in [6.45, 7) is 1.81. The van der Waals surface area contributed by atoms with E-state index in [9.17, 15) is 48.9 Å². The lowest BCUT2D eigenvalue weighted by Crippen LogP contribution is -2.60. The van der Waals surface area contributed by atoms with E-state index in [0.717, 1.165) is 13.8 Å². The second kappa shape index (κ2) is 16.9. The minimum atomic E-state index is -1.65. The first kappa shape index (κ1) is 35.1. The zero-order valence-corrected chi connectivity index (χ0v) is 21.5. The van der Waals surface area contributed by atoms with Gasteiger partial charge in [-0.1, -0.05) is 0 Å². The van der Waals surface area contributed by atoms with Crippen LogP contribution in [0.5, 0.6) is 0 Å². The number of carboxylic acids is 2. The molecule has 0 heterocycles.